The van der Waals surface area contributed by atoms with Gasteiger partial charge in [0.25, 0.3) is 0 Å². The number of anilines is 1. The lowest BCUT2D eigenvalue weighted by Crippen LogP contribution is -2.42. The first kappa shape index (κ1) is 18.4. The highest BCUT2D eigenvalue weighted by Gasteiger charge is 2.32. The van der Waals surface area contributed by atoms with Gasteiger partial charge in [-0.15, -0.1) is 0 Å². The van der Waals surface area contributed by atoms with Gasteiger partial charge in [0, 0.05) is 32.4 Å². The van der Waals surface area contributed by atoms with Crippen LogP contribution in [-0.2, 0) is 23.0 Å². The van der Waals surface area contributed by atoms with Gasteiger partial charge in [-0.2, -0.15) is 0 Å². The molecule has 1 atom stereocenters. The van der Waals surface area contributed by atoms with E-state index >= 15 is 0 Å². The predicted molar refractivity (Wildman–Crippen MR) is 102 cm³/mol. The van der Waals surface area contributed by atoms with E-state index in [9.17, 15) is 13.2 Å². The van der Waals surface area contributed by atoms with E-state index in [0.717, 1.165) is 16.8 Å². The summed E-state index contributed by atoms with van der Waals surface area (Å²) in [4.78, 5) is 14.6. The van der Waals surface area contributed by atoms with Crippen molar-refractivity contribution in [3.63, 3.8) is 0 Å². The molecule has 6 nitrogen and oxygen atoms in total. The summed E-state index contributed by atoms with van der Waals surface area (Å²) in [6.45, 7) is 2.41. The zero-order valence-corrected chi connectivity index (χ0v) is 16.0. The number of carbonyl (C=O) groups excluding carboxylic acids is 1. The first-order chi connectivity index (χ1) is 12.3. The van der Waals surface area contributed by atoms with Crippen molar-refractivity contribution >= 4 is 21.7 Å². The monoisotopic (exact) mass is 373 g/mol. The fourth-order valence-corrected chi connectivity index (χ4v) is 4.10. The number of nitrogens with one attached hydrogen (secondary N) is 1. The van der Waals surface area contributed by atoms with Crippen LogP contribution in [0.15, 0.2) is 53.4 Å². The highest BCUT2D eigenvalue weighted by atomic mass is 32.2. The van der Waals surface area contributed by atoms with Crippen LogP contribution < -0.4 is 10.2 Å². The molecule has 0 aromatic heterocycles. The molecule has 138 valence electrons. The molecule has 1 N–H and O–H groups in total. The Bertz CT molecular complexity index is 911. The molecule has 2 aromatic rings. The van der Waals surface area contributed by atoms with Gasteiger partial charge in [-0.3, -0.25) is 4.90 Å². The van der Waals surface area contributed by atoms with Crippen LogP contribution >= 0.6 is 0 Å². The molecule has 2 amide bonds. The van der Waals surface area contributed by atoms with Gasteiger partial charge < -0.3 is 5.32 Å². The summed E-state index contributed by atoms with van der Waals surface area (Å²) < 4.78 is 25.8. The van der Waals surface area contributed by atoms with Crippen LogP contribution in [0.3, 0.4) is 0 Å². The van der Waals surface area contributed by atoms with Gasteiger partial charge in [-0.1, -0.05) is 30.3 Å². The van der Waals surface area contributed by atoms with E-state index in [1.165, 1.54) is 18.4 Å². The van der Waals surface area contributed by atoms with Crippen molar-refractivity contribution in [1.82, 2.24) is 9.62 Å². The second-order valence-electron chi connectivity index (χ2n) is 6.65. The number of hydrogen-bond acceptors (Lipinski definition) is 3. The van der Waals surface area contributed by atoms with Crippen LogP contribution in [0.25, 0.3) is 0 Å². The molecule has 0 spiro atoms. The summed E-state index contributed by atoms with van der Waals surface area (Å²) in [6, 6.07) is 14.5. The average molecular weight is 373 g/mol. The second-order valence-corrected chi connectivity index (χ2v) is 8.80. The Morgan fingerprint density at radius 3 is 2.54 bits per heavy atom. The summed E-state index contributed by atoms with van der Waals surface area (Å²) >= 11 is 0. The van der Waals surface area contributed by atoms with Crippen LogP contribution in [0.2, 0.25) is 0 Å². The summed E-state index contributed by atoms with van der Waals surface area (Å²) in [7, 11) is -0.469. The lowest BCUT2D eigenvalue weighted by Gasteiger charge is -2.23. The third-order valence-electron chi connectivity index (χ3n) is 4.55. The van der Waals surface area contributed by atoms with E-state index in [4.69, 9.17) is 0 Å². The number of amides is 2. The smallest absolute Gasteiger partial charge is 0.322 e. The largest absolute Gasteiger partial charge is 0.334 e. The zero-order valence-electron chi connectivity index (χ0n) is 15.1. The molecule has 0 aliphatic carbocycles. The minimum absolute atomic E-state index is 0.0296. The van der Waals surface area contributed by atoms with Crippen LogP contribution in [0.5, 0.6) is 0 Å². The minimum atomic E-state index is -3.49. The number of benzene rings is 2. The molecule has 1 aliphatic heterocycles. The van der Waals surface area contributed by atoms with Gasteiger partial charge in [0.15, 0.2) is 0 Å². The number of hydrogen-bond donors (Lipinski definition) is 1. The lowest BCUT2D eigenvalue weighted by molar-refractivity contribution is 0.244. The molecule has 2 aromatic carbocycles. The Morgan fingerprint density at radius 2 is 1.88 bits per heavy atom. The summed E-state index contributed by atoms with van der Waals surface area (Å²) in [5, 5.41) is 2.94. The summed E-state index contributed by atoms with van der Waals surface area (Å²) in [5.41, 5.74) is 2.66. The maximum absolute atomic E-state index is 12.7. The minimum Gasteiger partial charge on any atom is -0.334 e. The van der Waals surface area contributed by atoms with Crippen molar-refractivity contribution in [2.75, 3.05) is 19.0 Å². The molecular formula is C19H23N3O3S. The van der Waals surface area contributed by atoms with Crippen molar-refractivity contribution in [1.29, 1.82) is 0 Å². The maximum Gasteiger partial charge on any atom is 0.322 e. The average Bonchev–Trinajstić information content (AvgIpc) is 2.95. The highest BCUT2D eigenvalue weighted by molar-refractivity contribution is 7.89. The molecule has 0 bridgehead atoms. The van der Waals surface area contributed by atoms with Crippen LogP contribution in [0.4, 0.5) is 10.5 Å². The van der Waals surface area contributed by atoms with Gasteiger partial charge >= 0.3 is 6.03 Å². The number of carbonyl (C=O) groups is 1. The number of fused-ring (bicyclic) bond motifs is 1. The van der Waals surface area contributed by atoms with Gasteiger partial charge in [0.1, 0.15) is 0 Å². The second kappa shape index (κ2) is 7.09. The number of urea groups is 1. The molecule has 0 saturated heterocycles. The molecule has 0 saturated carbocycles. The molecule has 26 heavy (non-hydrogen) atoms. The lowest BCUT2D eigenvalue weighted by atomic mass is 10.1. The van der Waals surface area contributed by atoms with E-state index < -0.39 is 10.0 Å². The predicted octanol–water partition coefficient (Wildman–Crippen LogP) is 2.60. The van der Waals surface area contributed by atoms with Crippen LogP contribution in [0.1, 0.15) is 18.1 Å². The molecule has 3 rings (SSSR count). The molecule has 0 radical (unpaired) electrons. The Balaban J connectivity index is 1.80. The first-order valence-corrected chi connectivity index (χ1v) is 9.91. The fraction of sp³-hybridized carbons (Fsp3) is 0.316. The van der Waals surface area contributed by atoms with Crippen molar-refractivity contribution in [3.8, 4) is 0 Å². The van der Waals surface area contributed by atoms with E-state index in [1.807, 2.05) is 37.3 Å². The number of rotatable bonds is 4. The fourth-order valence-electron chi connectivity index (χ4n) is 3.15. The van der Waals surface area contributed by atoms with Crippen molar-refractivity contribution in [2.45, 2.75) is 30.8 Å². The molecule has 7 heteroatoms. The van der Waals surface area contributed by atoms with E-state index in [-0.39, 0.29) is 17.0 Å². The number of nitrogens with zero attached hydrogens (tertiary/aromatic N) is 2. The maximum atomic E-state index is 12.7. The first-order valence-electron chi connectivity index (χ1n) is 8.47. The highest BCUT2D eigenvalue weighted by Crippen LogP contribution is 2.34. The molecule has 1 aliphatic rings. The van der Waals surface area contributed by atoms with Crippen LogP contribution in [-0.4, -0.2) is 38.9 Å². The van der Waals surface area contributed by atoms with Crippen LogP contribution in [0, 0.1) is 0 Å². The Morgan fingerprint density at radius 1 is 1.19 bits per heavy atom. The third-order valence-corrected chi connectivity index (χ3v) is 6.36. The third kappa shape index (κ3) is 3.45. The Kier molecular flexibility index (Phi) is 5.02. The Hall–Kier alpha value is -2.38. The topological polar surface area (TPSA) is 69.7 Å². The molecule has 1 unspecified atom stereocenters. The van der Waals surface area contributed by atoms with Gasteiger partial charge in [-0.25, -0.2) is 17.5 Å². The quantitative estimate of drug-likeness (QED) is 0.896. The van der Waals surface area contributed by atoms with E-state index in [1.54, 1.807) is 23.1 Å². The Labute approximate surface area is 154 Å². The SMILES string of the molecule is CC1Cc2cc(S(=O)(=O)N(C)C)ccc2N1C(=O)NCc1ccccc1. The van der Waals surface area contributed by atoms with Gasteiger partial charge in [-0.05, 0) is 42.7 Å². The normalized spacial score (nSPS) is 16.6. The van der Waals surface area contributed by atoms with Crippen molar-refractivity contribution in [3.05, 3.63) is 59.7 Å². The van der Waals surface area contributed by atoms with E-state index in [2.05, 4.69) is 5.32 Å². The summed E-state index contributed by atoms with van der Waals surface area (Å²) in [5.74, 6) is 0. The molecule has 0 fully saturated rings. The molecular weight excluding hydrogens is 350 g/mol. The number of sulfonamides is 1. The standard InChI is InChI=1S/C19H23N3O3S/c1-14-11-16-12-17(26(24,25)21(2)3)9-10-18(16)22(14)19(23)20-13-15-7-5-4-6-8-15/h4-10,12,14H,11,13H2,1-3H3,(H,20,23). The summed E-state index contributed by atoms with van der Waals surface area (Å²) in [6.07, 6.45) is 0.630. The van der Waals surface area contributed by atoms with Crippen molar-refractivity contribution in [2.24, 2.45) is 0 Å². The van der Waals surface area contributed by atoms with Gasteiger partial charge in [0.05, 0.1) is 4.90 Å². The van der Waals surface area contributed by atoms with E-state index in [0.29, 0.717) is 13.0 Å². The zero-order chi connectivity index (χ0) is 18.9. The van der Waals surface area contributed by atoms with Crippen molar-refractivity contribution < 1.29 is 13.2 Å². The van der Waals surface area contributed by atoms with Gasteiger partial charge in [0.2, 0.25) is 10.0 Å². The molecule has 1 heterocycles.